The minimum absolute atomic E-state index is 0.0821. The van der Waals surface area contributed by atoms with E-state index in [2.05, 4.69) is 11.4 Å². The minimum Gasteiger partial charge on any atom is -0.380 e. The summed E-state index contributed by atoms with van der Waals surface area (Å²) in [6.07, 6.45) is 0.443. The first kappa shape index (κ1) is 11.2. The molecule has 0 aliphatic carbocycles. The number of rotatable bonds is 3. The van der Waals surface area contributed by atoms with Crippen LogP contribution in [-0.4, -0.2) is 6.04 Å². The van der Waals surface area contributed by atoms with Gasteiger partial charge >= 0.3 is 0 Å². The largest absolute Gasteiger partial charge is 0.380 e. The Balaban J connectivity index is 2.73. The average Bonchev–Trinajstić information content (AvgIpc) is 2.10. The van der Waals surface area contributed by atoms with E-state index in [1.807, 2.05) is 6.92 Å². The van der Waals surface area contributed by atoms with E-state index in [4.69, 9.17) is 28.5 Å². The zero-order valence-electron chi connectivity index (χ0n) is 7.72. The van der Waals surface area contributed by atoms with Crippen molar-refractivity contribution in [1.82, 2.24) is 0 Å². The third-order valence-corrected chi connectivity index (χ3v) is 2.28. The molecule has 0 saturated heterocycles. The summed E-state index contributed by atoms with van der Waals surface area (Å²) in [5.41, 5.74) is 0.804. The lowest BCUT2D eigenvalue weighted by atomic mass is 10.2. The van der Waals surface area contributed by atoms with Crippen molar-refractivity contribution >= 4 is 28.9 Å². The molecule has 0 amide bonds. The van der Waals surface area contributed by atoms with Crippen molar-refractivity contribution in [3.05, 3.63) is 28.2 Å². The highest BCUT2D eigenvalue weighted by molar-refractivity contribution is 6.36. The van der Waals surface area contributed by atoms with Gasteiger partial charge in [-0.25, -0.2) is 0 Å². The number of hydrogen-bond donors (Lipinski definition) is 1. The normalized spacial score (nSPS) is 11.9. The summed E-state index contributed by atoms with van der Waals surface area (Å²) in [5, 5.41) is 12.8. The van der Waals surface area contributed by atoms with Gasteiger partial charge in [-0.1, -0.05) is 23.2 Å². The zero-order valence-corrected chi connectivity index (χ0v) is 9.23. The lowest BCUT2D eigenvalue weighted by molar-refractivity contribution is 0.821. The van der Waals surface area contributed by atoms with E-state index in [0.717, 1.165) is 5.69 Å². The molecule has 1 aromatic rings. The van der Waals surface area contributed by atoms with Crippen molar-refractivity contribution in [3.63, 3.8) is 0 Å². The monoisotopic (exact) mass is 228 g/mol. The Labute approximate surface area is 93.4 Å². The Kier molecular flexibility index (Phi) is 4.06. The third-order valence-electron chi connectivity index (χ3n) is 1.73. The molecule has 0 aliphatic rings. The van der Waals surface area contributed by atoms with Gasteiger partial charge in [0.15, 0.2) is 0 Å². The molecule has 1 unspecified atom stereocenters. The van der Waals surface area contributed by atoms with Crippen LogP contribution in [0.2, 0.25) is 10.0 Å². The fourth-order valence-electron chi connectivity index (χ4n) is 1.06. The third kappa shape index (κ3) is 3.10. The van der Waals surface area contributed by atoms with Crippen LogP contribution in [0.4, 0.5) is 5.69 Å². The number of nitrogens with one attached hydrogen (secondary N) is 1. The highest BCUT2D eigenvalue weighted by Gasteiger charge is 2.04. The van der Waals surface area contributed by atoms with Crippen LogP contribution in [0.1, 0.15) is 13.3 Å². The molecule has 0 fully saturated rings. The molecule has 0 heterocycles. The van der Waals surface area contributed by atoms with Crippen LogP contribution in [0.3, 0.4) is 0 Å². The van der Waals surface area contributed by atoms with Gasteiger partial charge in [-0.3, -0.25) is 0 Å². The van der Waals surface area contributed by atoms with Gasteiger partial charge in [0, 0.05) is 11.1 Å². The summed E-state index contributed by atoms with van der Waals surface area (Å²) < 4.78 is 0. The molecule has 14 heavy (non-hydrogen) atoms. The van der Waals surface area contributed by atoms with Crippen LogP contribution in [0, 0.1) is 11.3 Å². The first-order chi connectivity index (χ1) is 6.63. The molecular formula is C10H10Cl2N2. The fourth-order valence-corrected chi connectivity index (χ4v) is 1.52. The Hall–Kier alpha value is -0.910. The van der Waals surface area contributed by atoms with E-state index >= 15 is 0 Å². The minimum atomic E-state index is 0.0821. The molecule has 1 N–H and O–H groups in total. The molecular weight excluding hydrogens is 219 g/mol. The van der Waals surface area contributed by atoms with E-state index in [0.29, 0.717) is 16.5 Å². The van der Waals surface area contributed by atoms with Gasteiger partial charge in [-0.2, -0.15) is 5.26 Å². The van der Waals surface area contributed by atoms with Crippen LogP contribution < -0.4 is 5.32 Å². The predicted molar refractivity (Wildman–Crippen MR) is 59.8 cm³/mol. The maximum atomic E-state index is 8.48. The van der Waals surface area contributed by atoms with Gasteiger partial charge in [0.1, 0.15) is 0 Å². The van der Waals surface area contributed by atoms with Crippen LogP contribution in [0.5, 0.6) is 0 Å². The maximum absolute atomic E-state index is 8.48. The fraction of sp³-hybridized carbons (Fsp3) is 0.300. The number of hydrogen-bond acceptors (Lipinski definition) is 2. The topological polar surface area (TPSA) is 35.8 Å². The number of benzene rings is 1. The molecule has 0 spiro atoms. The van der Waals surface area contributed by atoms with Gasteiger partial charge < -0.3 is 5.32 Å². The second-order valence-electron chi connectivity index (χ2n) is 3.03. The number of anilines is 1. The van der Waals surface area contributed by atoms with Gasteiger partial charge in [-0.15, -0.1) is 0 Å². The van der Waals surface area contributed by atoms with Crippen molar-refractivity contribution < 1.29 is 0 Å². The molecule has 0 aliphatic heterocycles. The van der Waals surface area contributed by atoms with E-state index in [1.54, 1.807) is 18.2 Å². The maximum Gasteiger partial charge on any atom is 0.0652 e. The van der Waals surface area contributed by atoms with Crippen LogP contribution >= 0.6 is 23.2 Å². The quantitative estimate of drug-likeness (QED) is 0.857. The summed E-state index contributed by atoms with van der Waals surface area (Å²) in [7, 11) is 0. The first-order valence-corrected chi connectivity index (χ1v) is 4.97. The van der Waals surface area contributed by atoms with Crippen LogP contribution in [0.15, 0.2) is 18.2 Å². The predicted octanol–water partition coefficient (Wildman–Crippen LogP) is 3.71. The van der Waals surface area contributed by atoms with Gasteiger partial charge in [-0.05, 0) is 25.1 Å². The van der Waals surface area contributed by atoms with Crippen molar-refractivity contribution in [2.75, 3.05) is 5.32 Å². The van der Waals surface area contributed by atoms with Crippen molar-refractivity contribution in [1.29, 1.82) is 5.26 Å². The summed E-state index contributed by atoms with van der Waals surface area (Å²) >= 11 is 11.7. The SMILES string of the molecule is CC(CC#N)Nc1ccc(Cl)cc1Cl. The Morgan fingerprint density at radius 2 is 2.21 bits per heavy atom. The van der Waals surface area contributed by atoms with E-state index in [1.165, 1.54) is 0 Å². The number of nitriles is 1. The highest BCUT2D eigenvalue weighted by Crippen LogP contribution is 2.26. The smallest absolute Gasteiger partial charge is 0.0652 e. The van der Waals surface area contributed by atoms with Crippen molar-refractivity contribution in [3.8, 4) is 6.07 Å². The van der Waals surface area contributed by atoms with Gasteiger partial charge in [0.25, 0.3) is 0 Å². The Morgan fingerprint density at radius 3 is 2.79 bits per heavy atom. The van der Waals surface area contributed by atoms with E-state index in [-0.39, 0.29) is 6.04 Å². The second kappa shape index (κ2) is 5.09. The lowest BCUT2D eigenvalue weighted by Crippen LogP contribution is -2.14. The molecule has 74 valence electrons. The molecule has 0 radical (unpaired) electrons. The molecule has 1 atom stereocenters. The molecule has 1 rings (SSSR count). The Bertz CT molecular complexity index is 358. The molecule has 0 bridgehead atoms. The highest BCUT2D eigenvalue weighted by atomic mass is 35.5. The summed E-state index contributed by atoms with van der Waals surface area (Å²) in [6, 6.07) is 7.40. The first-order valence-electron chi connectivity index (χ1n) is 4.22. The summed E-state index contributed by atoms with van der Waals surface area (Å²) in [4.78, 5) is 0. The average molecular weight is 229 g/mol. The van der Waals surface area contributed by atoms with Crippen molar-refractivity contribution in [2.24, 2.45) is 0 Å². The number of nitrogens with zero attached hydrogens (tertiary/aromatic N) is 1. The van der Waals surface area contributed by atoms with Gasteiger partial charge in [0.2, 0.25) is 0 Å². The Morgan fingerprint density at radius 1 is 1.50 bits per heavy atom. The summed E-state index contributed by atoms with van der Waals surface area (Å²) in [6.45, 7) is 1.92. The molecule has 4 heteroatoms. The van der Waals surface area contributed by atoms with Gasteiger partial charge in [0.05, 0.1) is 23.2 Å². The number of halogens is 2. The molecule has 0 aromatic heterocycles. The van der Waals surface area contributed by atoms with E-state index < -0.39 is 0 Å². The lowest BCUT2D eigenvalue weighted by Gasteiger charge is -2.13. The zero-order chi connectivity index (χ0) is 10.6. The summed E-state index contributed by atoms with van der Waals surface area (Å²) in [5.74, 6) is 0. The molecule has 0 saturated carbocycles. The van der Waals surface area contributed by atoms with Crippen molar-refractivity contribution in [2.45, 2.75) is 19.4 Å². The second-order valence-corrected chi connectivity index (χ2v) is 3.88. The van der Waals surface area contributed by atoms with Crippen LogP contribution in [0.25, 0.3) is 0 Å². The van der Waals surface area contributed by atoms with Crippen LogP contribution in [-0.2, 0) is 0 Å². The molecule has 2 nitrogen and oxygen atoms in total. The van der Waals surface area contributed by atoms with E-state index in [9.17, 15) is 0 Å². The molecule has 1 aromatic carbocycles. The standard InChI is InChI=1S/C10H10Cl2N2/c1-7(4-5-13)14-10-3-2-8(11)6-9(10)12/h2-3,6-7,14H,4H2,1H3.